The van der Waals surface area contributed by atoms with Crippen LogP contribution in [0.25, 0.3) is 0 Å². The van der Waals surface area contributed by atoms with E-state index in [9.17, 15) is 19.8 Å². The molecular weight excluding hydrogens is 203 g/mol. The molecule has 2 N–H and O–H groups in total. The van der Waals surface area contributed by atoms with E-state index < -0.39 is 24.1 Å². The predicted molar refractivity (Wildman–Crippen MR) is 22.0 cm³/mol. The second kappa shape index (κ2) is 5.07. The van der Waals surface area contributed by atoms with Crippen molar-refractivity contribution in [2.45, 2.75) is 12.2 Å². The Morgan fingerprint density at radius 3 is 1.27 bits per heavy atom. The van der Waals surface area contributed by atoms with E-state index in [0.29, 0.717) is 0 Å². The van der Waals surface area contributed by atoms with Crippen molar-refractivity contribution in [2.24, 2.45) is 0 Å². The Kier molecular flexibility index (Phi) is 5.99. The van der Waals surface area contributed by atoms with Crippen molar-refractivity contribution in [2.75, 3.05) is 0 Å². The first-order valence-corrected chi connectivity index (χ1v) is 2.24. The van der Waals surface area contributed by atoms with Crippen molar-refractivity contribution in [1.29, 1.82) is 0 Å². The van der Waals surface area contributed by atoms with Gasteiger partial charge in [-0.15, -0.1) is 0 Å². The summed E-state index contributed by atoms with van der Waals surface area (Å²) in [6, 6.07) is 0. The normalized spacial score (nSPS) is 14.4. The van der Waals surface area contributed by atoms with E-state index in [1.165, 1.54) is 0 Å². The first-order valence-electron chi connectivity index (χ1n) is 2.24. The molecule has 0 saturated heterocycles. The van der Waals surface area contributed by atoms with Gasteiger partial charge < -0.3 is 30.0 Å². The minimum Gasteiger partial charge on any atom is -0.547 e. The van der Waals surface area contributed by atoms with Gasteiger partial charge in [0.2, 0.25) is 0 Å². The fraction of sp³-hybridized carbons (Fsp3) is 0.500. The summed E-state index contributed by atoms with van der Waals surface area (Å²) < 4.78 is 0. The Labute approximate surface area is 71.7 Å². The molecule has 0 aromatic rings. The Morgan fingerprint density at radius 2 is 1.18 bits per heavy atom. The second-order valence-electron chi connectivity index (χ2n) is 1.53. The molecule has 2 atom stereocenters. The third kappa shape index (κ3) is 3.93. The zero-order valence-corrected chi connectivity index (χ0v) is 6.06. The van der Waals surface area contributed by atoms with Gasteiger partial charge in [-0.25, -0.2) is 0 Å². The first kappa shape index (κ1) is 13.0. The third-order valence-corrected chi connectivity index (χ3v) is 0.782. The molecule has 0 fully saturated rings. The number of aliphatic hydroxyl groups excluding tert-OH is 2. The maximum absolute atomic E-state index is 9.63. The maximum atomic E-state index is 9.63. The summed E-state index contributed by atoms with van der Waals surface area (Å²) in [6.45, 7) is 0. The van der Waals surface area contributed by atoms with Crippen LogP contribution in [0, 0.1) is 0 Å². The molecule has 0 aliphatic heterocycles. The van der Waals surface area contributed by atoms with Crippen molar-refractivity contribution in [3.05, 3.63) is 0 Å². The van der Waals surface area contributed by atoms with Gasteiger partial charge in [0.15, 0.2) is 0 Å². The van der Waals surface area contributed by atoms with Gasteiger partial charge in [0, 0.05) is 0 Å². The van der Waals surface area contributed by atoms with E-state index in [0.717, 1.165) is 0 Å². The van der Waals surface area contributed by atoms with Crippen molar-refractivity contribution in [3.8, 4) is 0 Å². The van der Waals surface area contributed by atoms with Crippen LogP contribution in [0.2, 0.25) is 0 Å². The van der Waals surface area contributed by atoms with E-state index in [4.69, 9.17) is 10.2 Å². The van der Waals surface area contributed by atoms with Gasteiger partial charge in [0.05, 0.1) is 11.9 Å². The molecule has 0 aliphatic rings. The number of carbonyl (C=O) groups is 2. The molecule has 1 radical (unpaired) electrons. The topological polar surface area (TPSA) is 121 Å². The summed E-state index contributed by atoms with van der Waals surface area (Å²) in [4.78, 5) is 19.3. The Balaban J connectivity index is 0. The van der Waals surface area contributed by atoms with E-state index >= 15 is 0 Å². The number of hydrogen-bond acceptors (Lipinski definition) is 6. The molecule has 0 unspecified atom stereocenters. The molecule has 0 aromatic carbocycles. The standard InChI is InChI=1S/C4H6O6.Co/c5-1(3(7)8)2(6)4(9)10;/h1-2,5-6H,(H,7,8)(H,9,10);/q;+2/p-2/t1-,2-;/m1./s1. The van der Waals surface area contributed by atoms with Gasteiger partial charge >= 0.3 is 16.8 Å². The number of aliphatic hydroxyl groups is 2. The van der Waals surface area contributed by atoms with Crippen LogP contribution < -0.4 is 10.2 Å². The SMILES string of the molecule is O=C([O-])[C@H](O)[C@@H](O)C(=O)[O-].[Co+2]. The minimum absolute atomic E-state index is 0. The van der Waals surface area contributed by atoms with Crippen LogP contribution in [0.5, 0.6) is 0 Å². The quantitative estimate of drug-likeness (QED) is 0.479. The van der Waals surface area contributed by atoms with Crippen molar-refractivity contribution < 1.29 is 46.8 Å². The largest absolute Gasteiger partial charge is 2.00 e. The molecule has 0 spiro atoms. The molecule has 0 rings (SSSR count). The van der Waals surface area contributed by atoms with Gasteiger partial charge in [-0.1, -0.05) is 0 Å². The molecule has 11 heavy (non-hydrogen) atoms. The molecule has 6 nitrogen and oxygen atoms in total. The monoisotopic (exact) mass is 207 g/mol. The smallest absolute Gasteiger partial charge is 0.547 e. The molecule has 0 heterocycles. The van der Waals surface area contributed by atoms with E-state index in [1.54, 1.807) is 0 Å². The average Bonchev–Trinajstić information content (AvgIpc) is 1.84. The van der Waals surface area contributed by atoms with Crippen LogP contribution in [-0.2, 0) is 26.4 Å². The van der Waals surface area contributed by atoms with E-state index in [1.807, 2.05) is 0 Å². The summed E-state index contributed by atoms with van der Waals surface area (Å²) in [5, 5.41) is 35.7. The van der Waals surface area contributed by atoms with Gasteiger partial charge in [-0.05, 0) is 0 Å². The fourth-order valence-electron chi connectivity index (χ4n) is 0.258. The number of carboxylic acids is 2. The molecule has 0 bridgehead atoms. The van der Waals surface area contributed by atoms with Gasteiger partial charge in [0.25, 0.3) is 0 Å². The summed E-state index contributed by atoms with van der Waals surface area (Å²) in [5.74, 6) is -4.12. The van der Waals surface area contributed by atoms with Gasteiger partial charge in [0.1, 0.15) is 12.2 Å². The van der Waals surface area contributed by atoms with Crippen molar-refractivity contribution in [1.82, 2.24) is 0 Å². The molecular formula is C4H4CoO6. The molecule has 7 heteroatoms. The number of hydrogen-bond donors (Lipinski definition) is 2. The van der Waals surface area contributed by atoms with Crippen molar-refractivity contribution in [3.63, 3.8) is 0 Å². The van der Waals surface area contributed by atoms with Crippen molar-refractivity contribution >= 4 is 11.9 Å². The van der Waals surface area contributed by atoms with Crippen LogP contribution in [-0.4, -0.2) is 34.4 Å². The van der Waals surface area contributed by atoms with Crippen LogP contribution in [0.4, 0.5) is 0 Å². The second-order valence-corrected chi connectivity index (χ2v) is 1.53. The third-order valence-electron chi connectivity index (χ3n) is 0.782. The van der Waals surface area contributed by atoms with Crippen LogP contribution in [0.15, 0.2) is 0 Å². The summed E-state index contributed by atoms with van der Waals surface area (Å²) in [5.41, 5.74) is 0. The predicted octanol–water partition coefficient (Wildman–Crippen LogP) is -4.79. The summed E-state index contributed by atoms with van der Waals surface area (Å²) in [7, 11) is 0. The number of carbonyl (C=O) groups excluding carboxylic acids is 2. The Morgan fingerprint density at radius 1 is 1.00 bits per heavy atom. The average molecular weight is 207 g/mol. The summed E-state index contributed by atoms with van der Waals surface area (Å²) in [6.07, 6.45) is -4.88. The van der Waals surface area contributed by atoms with Gasteiger partial charge in [-0.3, -0.25) is 0 Å². The molecule has 0 aliphatic carbocycles. The number of rotatable bonds is 3. The molecule has 65 valence electrons. The van der Waals surface area contributed by atoms with Crippen LogP contribution in [0.3, 0.4) is 0 Å². The fourth-order valence-corrected chi connectivity index (χ4v) is 0.258. The van der Waals surface area contributed by atoms with Crippen LogP contribution in [0.1, 0.15) is 0 Å². The van der Waals surface area contributed by atoms with E-state index in [2.05, 4.69) is 0 Å². The molecule has 0 aromatic heterocycles. The van der Waals surface area contributed by atoms with Crippen LogP contribution >= 0.6 is 0 Å². The summed E-state index contributed by atoms with van der Waals surface area (Å²) >= 11 is 0. The Hall–Kier alpha value is -0.634. The zero-order valence-electron chi connectivity index (χ0n) is 5.02. The molecule has 0 saturated carbocycles. The first-order chi connectivity index (χ1) is 4.46. The number of aliphatic carboxylic acids is 2. The Bertz CT molecular complexity index is 139. The maximum Gasteiger partial charge on any atom is 2.00 e. The number of carboxylic acid groups (broad SMARTS) is 2. The van der Waals surface area contributed by atoms with Gasteiger partial charge in [-0.2, -0.15) is 0 Å². The molecule has 0 amide bonds. The zero-order chi connectivity index (χ0) is 8.31. The van der Waals surface area contributed by atoms with E-state index in [-0.39, 0.29) is 16.8 Å². The minimum atomic E-state index is -2.44.